The molecule has 0 fully saturated rings. The summed E-state index contributed by atoms with van der Waals surface area (Å²) in [5, 5.41) is 0. The van der Waals surface area contributed by atoms with Crippen molar-refractivity contribution in [2.75, 3.05) is 0 Å². The van der Waals surface area contributed by atoms with Crippen LogP contribution in [-0.2, 0) is 0 Å². The zero-order valence-corrected chi connectivity index (χ0v) is 7.38. The van der Waals surface area contributed by atoms with E-state index in [0.717, 1.165) is 0 Å². The topological polar surface area (TPSA) is 52.0 Å². The molecule has 0 radical (unpaired) electrons. The molecule has 0 saturated heterocycles. The van der Waals surface area contributed by atoms with Gasteiger partial charge in [0.1, 0.15) is 0 Å². The van der Waals surface area contributed by atoms with Crippen molar-refractivity contribution < 1.29 is 0 Å². The van der Waals surface area contributed by atoms with Crippen molar-refractivity contribution >= 4 is 0 Å². The van der Waals surface area contributed by atoms with Gasteiger partial charge in [-0.1, -0.05) is 19.1 Å². The standard InChI is InChI=1S/C9H18N2/c1-5-9(11,6-2)7(3)8(4)10/h5-8H,1-2,10-11H2,3-4H3. The normalized spacial score (nSPS) is 17.1. The molecule has 0 aromatic carbocycles. The Bertz CT molecular complexity index is 142. The van der Waals surface area contributed by atoms with Crippen LogP contribution in [0, 0.1) is 5.92 Å². The Balaban J connectivity index is 4.48. The summed E-state index contributed by atoms with van der Waals surface area (Å²) in [4.78, 5) is 0. The smallest absolute Gasteiger partial charge is 0.0560 e. The van der Waals surface area contributed by atoms with Crippen LogP contribution in [-0.4, -0.2) is 11.6 Å². The minimum atomic E-state index is -0.534. The zero-order chi connectivity index (χ0) is 9.07. The molecule has 0 bridgehead atoms. The van der Waals surface area contributed by atoms with Crippen LogP contribution in [0.4, 0.5) is 0 Å². The molecular weight excluding hydrogens is 136 g/mol. The molecule has 0 aliphatic heterocycles. The third-order valence-electron chi connectivity index (χ3n) is 2.28. The van der Waals surface area contributed by atoms with E-state index >= 15 is 0 Å². The first-order valence-corrected chi connectivity index (χ1v) is 3.79. The average molecular weight is 154 g/mol. The Kier molecular flexibility index (Phi) is 3.49. The van der Waals surface area contributed by atoms with Gasteiger partial charge in [0.25, 0.3) is 0 Å². The minimum absolute atomic E-state index is 0.0519. The molecule has 2 nitrogen and oxygen atoms in total. The number of nitrogens with two attached hydrogens (primary N) is 2. The van der Waals surface area contributed by atoms with Crippen molar-refractivity contribution in [3.8, 4) is 0 Å². The molecule has 0 aliphatic rings. The van der Waals surface area contributed by atoms with E-state index in [0.29, 0.717) is 0 Å². The van der Waals surface area contributed by atoms with Crippen LogP contribution in [0.3, 0.4) is 0 Å². The van der Waals surface area contributed by atoms with Gasteiger partial charge in [0.2, 0.25) is 0 Å². The van der Waals surface area contributed by atoms with Crippen molar-refractivity contribution in [2.45, 2.75) is 25.4 Å². The minimum Gasteiger partial charge on any atom is -0.328 e. The number of rotatable bonds is 4. The molecule has 2 heteroatoms. The third-order valence-corrected chi connectivity index (χ3v) is 2.28. The van der Waals surface area contributed by atoms with Crippen LogP contribution in [0.15, 0.2) is 25.3 Å². The van der Waals surface area contributed by atoms with E-state index in [2.05, 4.69) is 13.2 Å². The van der Waals surface area contributed by atoms with Gasteiger partial charge >= 0.3 is 0 Å². The van der Waals surface area contributed by atoms with Crippen molar-refractivity contribution in [1.82, 2.24) is 0 Å². The number of hydrogen-bond acceptors (Lipinski definition) is 2. The largest absolute Gasteiger partial charge is 0.328 e. The second-order valence-corrected chi connectivity index (χ2v) is 3.06. The Morgan fingerprint density at radius 1 is 1.27 bits per heavy atom. The molecule has 0 aliphatic carbocycles. The fourth-order valence-corrected chi connectivity index (χ4v) is 0.910. The molecule has 64 valence electrons. The van der Waals surface area contributed by atoms with E-state index in [4.69, 9.17) is 11.5 Å². The fraction of sp³-hybridized carbons (Fsp3) is 0.556. The summed E-state index contributed by atoms with van der Waals surface area (Å²) < 4.78 is 0. The van der Waals surface area contributed by atoms with Crippen molar-refractivity contribution in [1.29, 1.82) is 0 Å². The third kappa shape index (κ3) is 2.17. The summed E-state index contributed by atoms with van der Waals surface area (Å²) in [6.45, 7) is 11.2. The zero-order valence-electron chi connectivity index (χ0n) is 7.38. The maximum Gasteiger partial charge on any atom is 0.0560 e. The van der Waals surface area contributed by atoms with Crippen molar-refractivity contribution in [2.24, 2.45) is 17.4 Å². The highest BCUT2D eigenvalue weighted by molar-refractivity contribution is 5.16. The van der Waals surface area contributed by atoms with Crippen LogP contribution < -0.4 is 11.5 Å². The Hall–Kier alpha value is -0.600. The highest BCUT2D eigenvalue weighted by Crippen LogP contribution is 2.18. The highest BCUT2D eigenvalue weighted by atomic mass is 14.8. The second-order valence-electron chi connectivity index (χ2n) is 3.06. The summed E-state index contributed by atoms with van der Waals surface area (Å²) in [7, 11) is 0. The van der Waals surface area contributed by atoms with E-state index in [1.165, 1.54) is 0 Å². The predicted octanol–water partition coefficient (Wildman–Crippen LogP) is 1.04. The monoisotopic (exact) mass is 154 g/mol. The van der Waals surface area contributed by atoms with Crippen LogP contribution in [0.5, 0.6) is 0 Å². The van der Waals surface area contributed by atoms with Gasteiger partial charge in [-0.25, -0.2) is 0 Å². The first-order chi connectivity index (χ1) is 4.98. The molecule has 0 aromatic rings. The predicted molar refractivity (Wildman–Crippen MR) is 50.1 cm³/mol. The van der Waals surface area contributed by atoms with Gasteiger partial charge in [-0.15, -0.1) is 13.2 Å². The van der Waals surface area contributed by atoms with Gasteiger partial charge in [0.05, 0.1) is 5.54 Å². The molecular formula is C9H18N2. The lowest BCUT2D eigenvalue weighted by molar-refractivity contribution is 0.371. The van der Waals surface area contributed by atoms with Gasteiger partial charge in [-0.05, 0) is 12.8 Å². The van der Waals surface area contributed by atoms with Crippen LogP contribution in [0.2, 0.25) is 0 Å². The Morgan fingerprint density at radius 3 is 1.73 bits per heavy atom. The lowest BCUT2D eigenvalue weighted by Crippen LogP contribution is -2.48. The first kappa shape index (κ1) is 10.4. The van der Waals surface area contributed by atoms with Gasteiger partial charge in [0, 0.05) is 6.04 Å². The molecule has 2 unspecified atom stereocenters. The maximum atomic E-state index is 5.92. The molecule has 0 heterocycles. The summed E-state index contributed by atoms with van der Waals surface area (Å²) in [6.07, 6.45) is 3.38. The highest BCUT2D eigenvalue weighted by Gasteiger charge is 2.27. The summed E-state index contributed by atoms with van der Waals surface area (Å²) >= 11 is 0. The lowest BCUT2D eigenvalue weighted by atomic mass is 9.82. The van der Waals surface area contributed by atoms with Gasteiger partial charge in [0.15, 0.2) is 0 Å². The average Bonchev–Trinajstić information content (AvgIpc) is 2.01. The van der Waals surface area contributed by atoms with Crippen molar-refractivity contribution in [3.05, 3.63) is 25.3 Å². The summed E-state index contributed by atoms with van der Waals surface area (Å²) in [5.74, 6) is 0.164. The van der Waals surface area contributed by atoms with Gasteiger partial charge in [-0.2, -0.15) is 0 Å². The molecule has 0 amide bonds. The Morgan fingerprint density at radius 2 is 1.64 bits per heavy atom. The van der Waals surface area contributed by atoms with E-state index < -0.39 is 5.54 Å². The first-order valence-electron chi connectivity index (χ1n) is 3.79. The quantitative estimate of drug-likeness (QED) is 0.594. The molecule has 0 saturated carbocycles. The van der Waals surface area contributed by atoms with E-state index in [-0.39, 0.29) is 12.0 Å². The van der Waals surface area contributed by atoms with Crippen LogP contribution in [0.1, 0.15) is 13.8 Å². The maximum absolute atomic E-state index is 5.92. The Labute approximate surface area is 69.0 Å². The SMILES string of the molecule is C=CC(N)(C=C)C(C)C(C)N. The molecule has 4 N–H and O–H groups in total. The van der Waals surface area contributed by atoms with E-state index in [1.807, 2.05) is 13.8 Å². The summed E-state index contributed by atoms with van der Waals surface area (Å²) in [5.41, 5.74) is 11.1. The van der Waals surface area contributed by atoms with Crippen molar-refractivity contribution in [3.63, 3.8) is 0 Å². The summed E-state index contributed by atoms with van der Waals surface area (Å²) in [6, 6.07) is 0.0519. The molecule has 0 rings (SSSR count). The fourth-order valence-electron chi connectivity index (χ4n) is 0.910. The lowest BCUT2D eigenvalue weighted by Gasteiger charge is -2.31. The van der Waals surface area contributed by atoms with Gasteiger partial charge < -0.3 is 11.5 Å². The van der Waals surface area contributed by atoms with E-state index in [1.54, 1.807) is 12.2 Å². The number of hydrogen-bond donors (Lipinski definition) is 2. The second kappa shape index (κ2) is 3.69. The molecule has 11 heavy (non-hydrogen) atoms. The van der Waals surface area contributed by atoms with Gasteiger partial charge in [-0.3, -0.25) is 0 Å². The molecule has 2 atom stereocenters. The molecule has 0 spiro atoms. The van der Waals surface area contributed by atoms with Crippen LogP contribution in [0.25, 0.3) is 0 Å². The molecule has 0 aromatic heterocycles. The van der Waals surface area contributed by atoms with Crippen LogP contribution >= 0.6 is 0 Å². The van der Waals surface area contributed by atoms with E-state index in [9.17, 15) is 0 Å².